The molecule has 14 heteroatoms. The van der Waals surface area contributed by atoms with Gasteiger partial charge in [0.05, 0.1) is 16.1 Å². The molecule has 2 aromatic heterocycles. The molecule has 0 aliphatic heterocycles. The quantitative estimate of drug-likeness (QED) is 0.347. The van der Waals surface area contributed by atoms with Crippen LogP contribution in [0, 0.1) is 17.3 Å². The van der Waals surface area contributed by atoms with Gasteiger partial charge in [-0.1, -0.05) is 45.2 Å². The van der Waals surface area contributed by atoms with E-state index in [1.807, 2.05) is 0 Å². The van der Waals surface area contributed by atoms with Crippen molar-refractivity contribution in [1.82, 2.24) is 20.1 Å². The Kier molecular flexibility index (Phi) is 11.6. The molecule has 2 heterocycles. The number of nitrogens with zero attached hydrogens (tertiary/aromatic N) is 3. The molecule has 3 rings (SSSR count). The van der Waals surface area contributed by atoms with Crippen LogP contribution in [-0.4, -0.2) is 41.8 Å². The molecule has 1 N–H and O–H groups in total. The van der Waals surface area contributed by atoms with Crippen LogP contribution in [-0.2, 0) is 24.5 Å². The minimum atomic E-state index is -4.53. The molecule has 1 aliphatic rings. The molecule has 7 nitrogen and oxygen atoms in total. The smallest absolute Gasteiger partial charge is 0.350 e. The molecule has 0 atom stereocenters. The van der Waals surface area contributed by atoms with Gasteiger partial charge in [-0.2, -0.15) is 26.7 Å². The number of hydrogen-bond donors (Lipinski definition) is 1. The lowest BCUT2D eigenvalue weighted by atomic mass is 9.83. The first-order valence-electron chi connectivity index (χ1n) is 12.5. The molecule has 0 bridgehead atoms. The van der Waals surface area contributed by atoms with Gasteiger partial charge < -0.3 is 5.32 Å². The van der Waals surface area contributed by atoms with Gasteiger partial charge in [-0.3, -0.25) is 14.5 Å². The minimum Gasteiger partial charge on any atom is -0.350 e. The number of nitrogens with one attached hydrogen (secondary N) is 1. The lowest BCUT2D eigenvalue weighted by Crippen LogP contribution is -2.34. The number of carbonyl (C=O) groups is 1. The normalized spacial score (nSPS) is 17.9. The standard InChI is InChI=1S/C25H32ClF5N4O.O2S/c1-5-35-21(19(26)20(34-35)23(36)33-12-15-8-6-14(2)7-9-15)18-13-32-16(10-17(18)22(27)28)11-24(3,4)25(29,30)31;1-3-2/h10,13-15,22H,5-9,11-12H2,1-4H3,(H,33,36);. The van der Waals surface area contributed by atoms with Gasteiger partial charge in [-0.05, 0) is 37.7 Å². The summed E-state index contributed by atoms with van der Waals surface area (Å²) in [6.45, 7) is 6.62. The van der Waals surface area contributed by atoms with Crippen molar-refractivity contribution in [2.75, 3.05) is 6.54 Å². The van der Waals surface area contributed by atoms with E-state index < -0.39 is 47.5 Å². The van der Waals surface area contributed by atoms with Crippen molar-refractivity contribution in [1.29, 1.82) is 0 Å². The number of pyridine rings is 1. The van der Waals surface area contributed by atoms with Crippen LogP contribution in [0.4, 0.5) is 22.0 Å². The summed E-state index contributed by atoms with van der Waals surface area (Å²) in [5, 5.41) is 7.00. The lowest BCUT2D eigenvalue weighted by Gasteiger charge is -2.27. The molecule has 1 fully saturated rings. The second-order valence-corrected chi connectivity index (χ2v) is 10.9. The van der Waals surface area contributed by atoms with Crippen LogP contribution in [0.25, 0.3) is 11.3 Å². The predicted octanol–water partition coefficient (Wildman–Crippen LogP) is 6.57. The van der Waals surface area contributed by atoms with Gasteiger partial charge in [-0.15, -0.1) is 0 Å². The van der Waals surface area contributed by atoms with Crippen LogP contribution in [0.1, 0.15) is 81.5 Å². The summed E-state index contributed by atoms with van der Waals surface area (Å²) in [6, 6.07) is 0.973. The van der Waals surface area contributed by atoms with Gasteiger partial charge in [0, 0.05) is 42.5 Å². The number of rotatable bonds is 8. The molecule has 39 heavy (non-hydrogen) atoms. The third-order valence-electron chi connectivity index (χ3n) is 6.97. The summed E-state index contributed by atoms with van der Waals surface area (Å²) in [7, 11) is 0. The third kappa shape index (κ3) is 8.29. The average Bonchev–Trinajstić information content (AvgIpc) is 3.19. The minimum absolute atomic E-state index is 0.0711. The van der Waals surface area contributed by atoms with Crippen LogP contribution < -0.4 is 5.32 Å². The van der Waals surface area contributed by atoms with E-state index in [-0.39, 0.29) is 34.2 Å². The number of amides is 1. The maximum atomic E-state index is 14.0. The Balaban J connectivity index is 0.00000170. The van der Waals surface area contributed by atoms with E-state index in [2.05, 4.69) is 22.3 Å². The fourth-order valence-electron chi connectivity index (χ4n) is 4.47. The highest BCUT2D eigenvalue weighted by molar-refractivity contribution is 7.51. The highest BCUT2D eigenvalue weighted by atomic mass is 35.5. The SMILES string of the molecule is CCn1nc(C(=O)NCC2CCC(C)CC2)c(Cl)c1-c1cnc(CC(C)(C)C(F)(F)F)cc1C(F)F.O=S=O. The molecule has 2 aromatic rings. The molecule has 1 amide bonds. The van der Waals surface area contributed by atoms with Crippen molar-refractivity contribution in [2.45, 2.75) is 78.9 Å². The first-order valence-corrected chi connectivity index (χ1v) is 13.5. The summed E-state index contributed by atoms with van der Waals surface area (Å²) in [5.41, 5.74) is -2.85. The summed E-state index contributed by atoms with van der Waals surface area (Å²) < 4.78 is 85.9. The summed E-state index contributed by atoms with van der Waals surface area (Å²) in [6.07, 6.45) is -2.76. The Morgan fingerprint density at radius 1 is 1.21 bits per heavy atom. The van der Waals surface area contributed by atoms with Crippen LogP contribution in [0.2, 0.25) is 5.02 Å². The maximum Gasteiger partial charge on any atom is 0.394 e. The second kappa shape index (κ2) is 13.8. The zero-order valence-electron chi connectivity index (χ0n) is 22.1. The fraction of sp³-hybridized carbons (Fsp3) is 0.640. The van der Waals surface area contributed by atoms with E-state index in [0.717, 1.165) is 51.8 Å². The van der Waals surface area contributed by atoms with E-state index in [0.29, 0.717) is 18.4 Å². The Morgan fingerprint density at radius 3 is 2.31 bits per heavy atom. The van der Waals surface area contributed by atoms with E-state index in [1.165, 1.54) is 4.68 Å². The lowest BCUT2D eigenvalue weighted by molar-refractivity contribution is -0.211. The van der Waals surface area contributed by atoms with Crippen LogP contribution in [0.3, 0.4) is 0 Å². The molecule has 0 spiro atoms. The number of carbonyl (C=O) groups excluding carboxylic acids is 1. The molecule has 1 aliphatic carbocycles. The van der Waals surface area contributed by atoms with Crippen LogP contribution in [0.5, 0.6) is 0 Å². The molecule has 0 unspecified atom stereocenters. The van der Waals surface area contributed by atoms with Crippen molar-refractivity contribution >= 4 is 29.1 Å². The molecular formula is C25H32ClF5N4O3S. The average molecular weight is 599 g/mol. The van der Waals surface area contributed by atoms with Crippen molar-refractivity contribution in [2.24, 2.45) is 17.3 Å². The van der Waals surface area contributed by atoms with E-state index >= 15 is 0 Å². The number of halogens is 6. The highest BCUT2D eigenvalue weighted by Gasteiger charge is 2.47. The van der Waals surface area contributed by atoms with Gasteiger partial charge in [0.15, 0.2) is 5.69 Å². The van der Waals surface area contributed by atoms with Crippen molar-refractivity contribution < 1.29 is 35.2 Å². The van der Waals surface area contributed by atoms with E-state index in [9.17, 15) is 26.7 Å². The van der Waals surface area contributed by atoms with Gasteiger partial charge in [0.2, 0.25) is 0 Å². The zero-order valence-corrected chi connectivity index (χ0v) is 23.7. The number of aromatic nitrogens is 3. The van der Waals surface area contributed by atoms with Crippen LogP contribution >= 0.6 is 11.6 Å². The summed E-state index contributed by atoms with van der Waals surface area (Å²) in [5.74, 6) is 0.541. The largest absolute Gasteiger partial charge is 0.394 e. The maximum absolute atomic E-state index is 14.0. The molecule has 0 aromatic carbocycles. The van der Waals surface area contributed by atoms with Gasteiger partial charge in [-0.25, -0.2) is 8.78 Å². The third-order valence-corrected chi connectivity index (χ3v) is 7.33. The Bertz CT molecular complexity index is 1180. The van der Waals surface area contributed by atoms with E-state index in [4.69, 9.17) is 20.0 Å². The Morgan fingerprint density at radius 2 is 1.79 bits per heavy atom. The fourth-order valence-corrected chi connectivity index (χ4v) is 4.79. The van der Waals surface area contributed by atoms with E-state index in [1.54, 1.807) is 6.92 Å². The first-order chi connectivity index (χ1) is 18.2. The molecule has 1 saturated carbocycles. The summed E-state index contributed by atoms with van der Waals surface area (Å²) in [4.78, 5) is 16.9. The molecule has 0 radical (unpaired) electrons. The Hall–Kier alpha value is -2.41. The highest BCUT2D eigenvalue weighted by Crippen LogP contribution is 2.42. The van der Waals surface area contributed by atoms with Gasteiger partial charge in [0.1, 0.15) is 0 Å². The van der Waals surface area contributed by atoms with Crippen molar-refractivity contribution in [3.63, 3.8) is 0 Å². The first kappa shape index (κ1) is 32.8. The topological polar surface area (TPSA) is 93.9 Å². The number of hydrogen-bond acceptors (Lipinski definition) is 5. The Labute approximate surface area is 232 Å². The number of aryl methyl sites for hydroxylation is 1. The van der Waals surface area contributed by atoms with Gasteiger partial charge >= 0.3 is 17.7 Å². The van der Waals surface area contributed by atoms with Crippen molar-refractivity contribution in [3.8, 4) is 11.3 Å². The predicted molar refractivity (Wildman–Crippen MR) is 137 cm³/mol. The zero-order chi connectivity index (χ0) is 29.5. The van der Waals surface area contributed by atoms with Crippen LogP contribution in [0.15, 0.2) is 12.3 Å². The molecule has 0 saturated heterocycles. The second-order valence-electron chi connectivity index (χ2n) is 10.4. The van der Waals surface area contributed by atoms with Gasteiger partial charge in [0.25, 0.3) is 12.3 Å². The molecular weight excluding hydrogens is 567 g/mol. The monoisotopic (exact) mass is 598 g/mol. The molecule has 218 valence electrons. The number of alkyl halides is 5. The van der Waals surface area contributed by atoms with Crippen molar-refractivity contribution in [3.05, 3.63) is 34.2 Å². The summed E-state index contributed by atoms with van der Waals surface area (Å²) >= 11 is 5.75.